The molecule has 1 amide bonds. The molecule has 0 aromatic carbocycles. The lowest BCUT2D eigenvalue weighted by Crippen LogP contribution is -2.44. The van der Waals surface area contributed by atoms with Crippen LogP contribution >= 0.6 is 0 Å². The van der Waals surface area contributed by atoms with E-state index in [1.54, 1.807) is 0 Å². The van der Waals surface area contributed by atoms with Gasteiger partial charge in [0.1, 0.15) is 0 Å². The number of hydrogen-bond acceptors (Lipinski definition) is 7. The van der Waals surface area contributed by atoms with Crippen LogP contribution in [0.15, 0.2) is 0 Å². The van der Waals surface area contributed by atoms with Crippen LogP contribution < -0.4 is 10.6 Å². The van der Waals surface area contributed by atoms with E-state index in [9.17, 15) is 4.79 Å². The van der Waals surface area contributed by atoms with Crippen LogP contribution in [0.4, 0.5) is 11.9 Å². The third-order valence-corrected chi connectivity index (χ3v) is 4.98. The average molecular weight is 349 g/mol. The molecule has 1 saturated heterocycles. The van der Waals surface area contributed by atoms with Crippen molar-refractivity contribution in [2.24, 2.45) is 5.92 Å². The van der Waals surface area contributed by atoms with Crippen molar-refractivity contribution in [3.63, 3.8) is 0 Å². The van der Waals surface area contributed by atoms with Crippen molar-refractivity contribution >= 4 is 17.8 Å². The quantitative estimate of drug-likeness (QED) is 0.853. The minimum Gasteiger partial charge on any atom is -0.368 e. The van der Waals surface area contributed by atoms with Crippen LogP contribution in [0.5, 0.6) is 0 Å². The molecule has 8 nitrogen and oxygen atoms in total. The number of amides is 1. The third-order valence-electron chi connectivity index (χ3n) is 4.98. The summed E-state index contributed by atoms with van der Waals surface area (Å²) in [5.41, 5.74) is 5.83. The Morgan fingerprint density at radius 3 is 2.24 bits per heavy atom. The van der Waals surface area contributed by atoms with Gasteiger partial charge < -0.3 is 15.5 Å². The first-order valence-electron chi connectivity index (χ1n) is 8.90. The number of likely N-dealkylation sites (tertiary alicyclic amines) is 1. The lowest BCUT2D eigenvalue weighted by molar-refractivity contribution is -0.137. The van der Waals surface area contributed by atoms with E-state index in [0.717, 1.165) is 25.9 Å². The van der Waals surface area contributed by atoms with E-state index in [1.165, 1.54) is 0 Å². The smallest absolute Gasteiger partial charge is 0.229 e. The SMILES string of the molecule is CC(C)N(C)C(=O)C1CCN([C@@H](C)c2nc(N)nc(N(C)C)n2)CC1. The summed E-state index contributed by atoms with van der Waals surface area (Å²) in [7, 11) is 5.65. The Balaban J connectivity index is 2.02. The van der Waals surface area contributed by atoms with Gasteiger partial charge >= 0.3 is 0 Å². The minimum atomic E-state index is 0.0443. The van der Waals surface area contributed by atoms with Crippen LogP contribution in [-0.2, 0) is 4.79 Å². The first-order valence-corrected chi connectivity index (χ1v) is 8.90. The second-order valence-corrected chi connectivity index (χ2v) is 7.28. The second kappa shape index (κ2) is 7.95. The first-order chi connectivity index (χ1) is 11.7. The molecule has 1 aliphatic heterocycles. The Morgan fingerprint density at radius 1 is 1.12 bits per heavy atom. The van der Waals surface area contributed by atoms with Gasteiger partial charge in [0.25, 0.3) is 0 Å². The van der Waals surface area contributed by atoms with Gasteiger partial charge in [-0.1, -0.05) is 0 Å². The van der Waals surface area contributed by atoms with Crippen LogP contribution in [0, 0.1) is 5.92 Å². The molecule has 2 rings (SSSR count). The van der Waals surface area contributed by atoms with E-state index >= 15 is 0 Å². The fourth-order valence-electron chi connectivity index (χ4n) is 3.02. The summed E-state index contributed by atoms with van der Waals surface area (Å²) in [6.45, 7) is 7.88. The van der Waals surface area contributed by atoms with Gasteiger partial charge in [0.15, 0.2) is 5.82 Å². The number of nitrogen functional groups attached to an aromatic ring is 1. The standard InChI is InChI=1S/C17H31N7O/c1-11(2)23(6)15(25)13-7-9-24(10-8-13)12(3)14-19-16(18)21-17(20-14)22(4)5/h11-13H,7-10H2,1-6H3,(H2,18,19,20,21)/t12-/m0/s1. The fraction of sp³-hybridized carbons (Fsp3) is 0.765. The zero-order valence-electron chi connectivity index (χ0n) is 16.2. The number of aromatic nitrogens is 3. The maximum Gasteiger partial charge on any atom is 0.229 e. The number of carbonyl (C=O) groups is 1. The molecule has 0 saturated carbocycles. The Morgan fingerprint density at radius 2 is 1.72 bits per heavy atom. The van der Waals surface area contributed by atoms with Crippen molar-refractivity contribution < 1.29 is 4.79 Å². The van der Waals surface area contributed by atoms with E-state index in [1.807, 2.05) is 44.8 Å². The van der Waals surface area contributed by atoms with Crippen molar-refractivity contribution in [3.8, 4) is 0 Å². The lowest BCUT2D eigenvalue weighted by Gasteiger charge is -2.36. The molecule has 0 bridgehead atoms. The third kappa shape index (κ3) is 4.56. The van der Waals surface area contributed by atoms with Gasteiger partial charge in [-0.2, -0.15) is 15.0 Å². The number of rotatable bonds is 5. The summed E-state index contributed by atoms with van der Waals surface area (Å²) >= 11 is 0. The summed E-state index contributed by atoms with van der Waals surface area (Å²) in [5.74, 6) is 1.85. The van der Waals surface area contributed by atoms with E-state index in [-0.39, 0.29) is 29.9 Å². The van der Waals surface area contributed by atoms with Crippen LogP contribution in [0.3, 0.4) is 0 Å². The van der Waals surface area contributed by atoms with Gasteiger partial charge in [-0.05, 0) is 46.7 Å². The van der Waals surface area contributed by atoms with Crippen molar-refractivity contribution in [3.05, 3.63) is 5.82 Å². The van der Waals surface area contributed by atoms with Gasteiger partial charge in [-0.3, -0.25) is 9.69 Å². The first kappa shape index (κ1) is 19.4. The summed E-state index contributed by atoms with van der Waals surface area (Å²) in [6, 6.07) is 0.282. The van der Waals surface area contributed by atoms with Crippen LogP contribution in [-0.4, -0.2) is 70.9 Å². The highest BCUT2D eigenvalue weighted by Gasteiger charge is 2.31. The largest absolute Gasteiger partial charge is 0.368 e. The molecule has 1 fully saturated rings. The molecule has 1 aliphatic rings. The Hall–Kier alpha value is -1.96. The molecule has 2 heterocycles. The highest BCUT2D eigenvalue weighted by molar-refractivity contribution is 5.78. The Labute approximate surface area is 150 Å². The Kier molecular flexibility index (Phi) is 6.16. The maximum atomic E-state index is 12.5. The number of nitrogens with two attached hydrogens (primary N) is 1. The monoisotopic (exact) mass is 349 g/mol. The number of carbonyl (C=O) groups excluding carboxylic acids is 1. The molecule has 0 spiro atoms. The topological polar surface area (TPSA) is 91.5 Å². The second-order valence-electron chi connectivity index (χ2n) is 7.28. The number of anilines is 2. The number of piperidine rings is 1. The Bertz CT molecular complexity index is 597. The maximum absolute atomic E-state index is 12.5. The lowest BCUT2D eigenvalue weighted by atomic mass is 9.94. The highest BCUT2D eigenvalue weighted by Crippen LogP contribution is 2.27. The van der Waals surface area contributed by atoms with Crippen molar-refractivity contribution in [1.82, 2.24) is 24.8 Å². The van der Waals surface area contributed by atoms with E-state index in [0.29, 0.717) is 11.8 Å². The van der Waals surface area contributed by atoms with Crippen molar-refractivity contribution in [2.45, 2.75) is 45.7 Å². The molecule has 1 aromatic heterocycles. The van der Waals surface area contributed by atoms with Gasteiger partial charge in [0, 0.05) is 33.1 Å². The molecule has 2 N–H and O–H groups in total. The zero-order chi connectivity index (χ0) is 18.7. The predicted molar refractivity (Wildman–Crippen MR) is 99.2 cm³/mol. The molecule has 0 unspecified atom stereocenters. The van der Waals surface area contributed by atoms with Gasteiger partial charge in [0.05, 0.1) is 6.04 Å². The van der Waals surface area contributed by atoms with Crippen molar-refractivity contribution in [1.29, 1.82) is 0 Å². The zero-order valence-corrected chi connectivity index (χ0v) is 16.2. The molecule has 1 atom stereocenters. The minimum absolute atomic E-state index is 0.0443. The summed E-state index contributed by atoms with van der Waals surface area (Å²) in [4.78, 5) is 31.5. The predicted octanol–water partition coefficient (Wildman–Crippen LogP) is 1.16. The molecule has 8 heteroatoms. The van der Waals surface area contributed by atoms with Gasteiger partial charge in [-0.25, -0.2) is 0 Å². The van der Waals surface area contributed by atoms with E-state index < -0.39 is 0 Å². The molecule has 25 heavy (non-hydrogen) atoms. The molecular formula is C17H31N7O. The molecule has 140 valence electrons. The number of nitrogens with zero attached hydrogens (tertiary/aromatic N) is 6. The molecule has 0 aliphatic carbocycles. The van der Waals surface area contributed by atoms with Crippen LogP contribution in [0.1, 0.15) is 45.5 Å². The fourth-order valence-corrected chi connectivity index (χ4v) is 3.02. The van der Waals surface area contributed by atoms with Crippen LogP contribution in [0.25, 0.3) is 0 Å². The van der Waals surface area contributed by atoms with E-state index in [4.69, 9.17) is 5.73 Å². The summed E-state index contributed by atoms with van der Waals surface area (Å²) < 4.78 is 0. The van der Waals surface area contributed by atoms with Crippen molar-refractivity contribution in [2.75, 3.05) is 44.9 Å². The summed E-state index contributed by atoms with van der Waals surface area (Å²) in [5, 5.41) is 0. The molecule has 0 radical (unpaired) electrons. The molecule has 1 aromatic rings. The number of hydrogen-bond donors (Lipinski definition) is 1. The average Bonchev–Trinajstić information content (AvgIpc) is 2.59. The van der Waals surface area contributed by atoms with Gasteiger partial charge in [-0.15, -0.1) is 0 Å². The van der Waals surface area contributed by atoms with Crippen LogP contribution in [0.2, 0.25) is 0 Å². The summed E-state index contributed by atoms with van der Waals surface area (Å²) in [6.07, 6.45) is 1.72. The molecular weight excluding hydrogens is 318 g/mol. The highest BCUT2D eigenvalue weighted by atomic mass is 16.2. The normalized spacial score (nSPS) is 17.6. The van der Waals surface area contributed by atoms with E-state index in [2.05, 4.69) is 26.8 Å². The van der Waals surface area contributed by atoms with Gasteiger partial charge in [0.2, 0.25) is 17.8 Å².